The maximum Gasteiger partial charge on any atom is 0.343 e. The third-order valence-electron chi connectivity index (χ3n) is 4.04. The Morgan fingerprint density at radius 3 is 2.80 bits per heavy atom. The molecule has 4 aromatic rings. The SMILES string of the molecule is CCOC(=O)c1c[nH]c2cc(-c3nc4ccccc4[nH]3)ccc2c1=O. The van der Waals surface area contributed by atoms with Crippen molar-refractivity contribution in [3.8, 4) is 11.4 Å². The number of aromatic amines is 2. The molecule has 0 aliphatic rings. The Morgan fingerprint density at radius 2 is 2.00 bits per heavy atom. The number of esters is 1. The number of H-pyrrole nitrogens is 2. The maximum atomic E-state index is 12.5. The van der Waals surface area contributed by atoms with E-state index < -0.39 is 5.97 Å². The van der Waals surface area contributed by atoms with Gasteiger partial charge in [0.05, 0.1) is 23.2 Å². The van der Waals surface area contributed by atoms with Gasteiger partial charge in [-0.2, -0.15) is 0 Å². The van der Waals surface area contributed by atoms with Gasteiger partial charge in [-0.1, -0.05) is 18.2 Å². The predicted molar refractivity (Wildman–Crippen MR) is 95.6 cm³/mol. The molecule has 0 saturated carbocycles. The highest BCUT2D eigenvalue weighted by molar-refractivity contribution is 5.94. The second-order valence-electron chi connectivity index (χ2n) is 5.61. The molecule has 2 aromatic heterocycles. The van der Waals surface area contributed by atoms with E-state index in [4.69, 9.17) is 4.74 Å². The molecule has 4 rings (SSSR count). The number of ether oxygens (including phenoxy) is 1. The van der Waals surface area contributed by atoms with Crippen LogP contribution in [-0.4, -0.2) is 27.5 Å². The van der Waals surface area contributed by atoms with Crippen LogP contribution in [0.2, 0.25) is 0 Å². The Bertz CT molecular complexity index is 1120. The van der Waals surface area contributed by atoms with E-state index in [9.17, 15) is 9.59 Å². The summed E-state index contributed by atoms with van der Waals surface area (Å²) in [6, 6.07) is 13.1. The predicted octanol–water partition coefficient (Wildman–Crippen LogP) is 3.25. The number of carbonyl (C=O) groups excluding carboxylic acids is 1. The summed E-state index contributed by atoms with van der Waals surface area (Å²) in [4.78, 5) is 35.2. The van der Waals surface area contributed by atoms with E-state index in [1.54, 1.807) is 13.0 Å². The Kier molecular flexibility index (Phi) is 3.57. The third-order valence-corrected chi connectivity index (χ3v) is 4.04. The van der Waals surface area contributed by atoms with E-state index in [-0.39, 0.29) is 17.6 Å². The van der Waals surface area contributed by atoms with Gasteiger partial charge >= 0.3 is 5.97 Å². The van der Waals surface area contributed by atoms with Crippen LogP contribution in [0.15, 0.2) is 53.5 Å². The number of imidazole rings is 1. The van der Waals surface area contributed by atoms with Crippen LogP contribution in [0, 0.1) is 0 Å². The van der Waals surface area contributed by atoms with Crippen LogP contribution in [-0.2, 0) is 4.74 Å². The first kappa shape index (κ1) is 15.1. The Labute approximate surface area is 142 Å². The van der Waals surface area contributed by atoms with Gasteiger partial charge in [0.2, 0.25) is 5.43 Å². The van der Waals surface area contributed by atoms with Crippen LogP contribution >= 0.6 is 0 Å². The van der Waals surface area contributed by atoms with Crippen LogP contribution in [0.25, 0.3) is 33.3 Å². The maximum absolute atomic E-state index is 12.5. The van der Waals surface area contributed by atoms with Crippen molar-refractivity contribution in [1.82, 2.24) is 15.0 Å². The number of benzene rings is 2. The average molecular weight is 333 g/mol. The van der Waals surface area contributed by atoms with Crippen molar-refractivity contribution >= 4 is 27.9 Å². The van der Waals surface area contributed by atoms with Crippen LogP contribution in [0.5, 0.6) is 0 Å². The first-order valence-corrected chi connectivity index (χ1v) is 7.95. The summed E-state index contributed by atoms with van der Waals surface area (Å²) in [7, 11) is 0. The Balaban J connectivity index is 1.82. The Hall–Kier alpha value is -3.41. The average Bonchev–Trinajstić information content (AvgIpc) is 3.06. The lowest BCUT2D eigenvalue weighted by atomic mass is 10.1. The minimum absolute atomic E-state index is 0.00540. The van der Waals surface area contributed by atoms with Crippen molar-refractivity contribution in [3.63, 3.8) is 0 Å². The number of hydrogen-bond acceptors (Lipinski definition) is 4. The number of aromatic nitrogens is 3. The van der Waals surface area contributed by atoms with E-state index in [0.29, 0.717) is 10.9 Å². The van der Waals surface area contributed by atoms with E-state index >= 15 is 0 Å². The molecule has 0 radical (unpaired) electrons. The fourth-order valence-corrected chi connectivity index (χ4v) is 2.82. The lowest BCUT2D eigenvalue weighted by Gasteiger charge is -2.04. The molecule has 0 aliphatic carbocycles. The first-order valence-electron chi connectivity index (χ1n) is 7.95. The van der Waals surface area contributed by atoms with Crippen LogP contribution in [0.1, 0.15) is 17.3 Å². The standard InChI is InChI=1S/C19H15N3O3/c1-2-25-19(24)13-10-20-16-9-11(7-8-12(16)17(13)23)18-21-14-5-3-4-6-15(14)22-18/h3-10H,2H2,1H3,(H,20,23)(H,21,22). The van der Waals surface area contributed by atoms with Crippen LogP contribution in [0.4, 0.5) is 0 Å². The van der Waals surface area contributed by atoms with Gasteiger partial charge < -0.3 is 14.7 Å². The highest BCUT2D eigenvalue weighted by atomic mass is 16.5. The van der Waals surface area contributed by atoms with Gasteiger partial charge in [0.15, 0.2) is 0 Å². The Morgan fingerprint density at radius 1 is 1.16 bits per heavy atom. The molecule has 0 saturated heterocycles. The second kappa shape index (κ2) is 5.90. The van der Waals surface area contributed by atoms with Gasteiger partial charge in [-0.05, 0) is 31.2 Å². The summed E-state index contributed by atoms with van der Waals surface area (Å²) in [6.07, 6.45) is 1.39. The van der Waals surface area contributed by atoms with E-state index in [1.165, 1.54) is 6.20 Å². The van der Waals surface area contributed by atoms with Gasteiger partial charge in [-0.15, -0.1) is 0 Å². The van der Waals surface area contributed by atoms with Crippen molar-refractivity contribution in [2.24, 2.45) is 0 Å². The zero-order chi connectivity index (χ0) is 17.4. The van der Waals surface area contributed by atoms with Crippen molar-refractivity contribution in [2.45, 2.75) is 6.92 Å². The first-order chi connectivity index (χ1) is 12.2. The van der Waals surface area contributed by atoms with Crippen molar-refractivity contribution in [2.75, 3.05) is 6.61 Å². The smallest absolute Gasteiger partial charge is 0.343 e. The fourth-order valence-electron chi connectivity index (χ4n) is 2.82. The quantitative estimate of drug-likeness (QED) is 0.563. The minimum atomic E-state index is -0.619. The van der Waals surface area contributed by atoms with Crippen LogP contribution < -0.4 is 5.43 Å². The fraction of sp³-hybridized carbons (Fsp3) is 0.105. The van der Waals surface area contributed by atoms with Crippen molar-refractivity contribution in [3.05, 3.63) is 64.4 Å². The van der Waals surface area contributed by atoms with Gasteiger partial charge in [-0.25, -0.2) is 9.78 Å². The summed E-state index contributed by atoms with van der Waals surface area (Å²) >= 11 is 0. The molecule has 25 heavy (non-hydrogen) atoms. The molecule has 2 heterocycles. The highest BCUT2D eigenvalue weighted by Crippen LogP contribution is 2.23. The number of nitrogens with zero attached hydrogens (tertiary/aromatic N) is 1. The number of nitrogens with one attached hydrogen (secondary N) is 2. The molecule has 6 nitrogen and oxygen atoms in total. The number of hydrogen-bond donors (Lipinski definition) is 2. The highest BCUT2D eigenvalue weighted by Gasteiger charge is 2.14. The molecule has 0 fully saturated rings. The largest absolute Gasteiger partial charge is 0.462 e. The molecular formula is C19H15N3O3. The molecule has 0 aliphatic heterocycles. The number of rotatable bonds is 3. The third kappa shape index (κ3) is 2.57. The van der Waals surface area contributed by atoms with Crippen LogP contribution in [0.3, 0.4) is 0 Å². The monoisotopic (exact) mass is 333 g/mol. The number of fused-ring (bicyclic) bond motifs is 2. The van der Waals surface area contributed by atoms with Gasteiger partial charge in [-0.3, -0.25) is 4.79 Å². The second-order valence-corrected chi connectivity index (χ2v) is 5.61. The lowest BCUT2D eigenvalue weighted by molar-refractivity contribution is 0.0524. The molecule has 124 valence electrons. The number of pyridine rings is 1. The topological polar surface area (TPSA) is 87.8 Å². The zero-order valence-electron chi connectivity index (χ0n) is 13.5. The molecule has 0 bridgehead atoms. The molecule has 2 N–H and O–H groups in total. The summed E-state index contributed by atoms with van der Waals surface area (Å²) < 4.78 is 4.91. The summed E-state index contributed by atoms with van der Waals surface area (Å²) in [5, 5.41) is 0.436. The summed E-state index contributed by atoms with van der Waals surface area (Å²) in [6.45, 7) is 1.92. The summed E-state index contributed by atoms with van der Waals surface area (Å²) in [5.74, 6) is 0.102. The lowest BCUT2D eigenvalue weighted by Crippen LogP contribution is -2.18. The summed E-state index contributed by atoms with van der Waals surface area (Å²) in [5.41, 5.74) is 2.97. The minimum Gasteiger partial charge on any atom is -0.462 e. The van der Waals surface area contributed by atoms with Crippen molar-refractivity contribution in [1.29, 1.82) is 0 Å². The molecule has 0 spiro atoms. The molecule has 0 amide bonds. The molecule has 6 heteroatoms. The van der Waals surface area contributed by atoms with E-state index in [1.807, 2.05) is 36.4 Å². The number of carbonyl (C=O) groups is 1. The molecule has 0 atom stereocenters. The van der Waals surface area contributed by atoms with Gasteiger partial charge in [0.25, 0.3) is 0 Å². The number of para-hydroxylation sites is 2. The van der Waals surface area contributed by atoms with Gasteiger partial charge in [0, 0.05) is 17.1 Å². The molecule has 0 unspecified atom stereocenters. The van der Waals surface area contributed by atoms with Crippen molar-refractivity contribution < 1.29 is 9.53 Å². The van der Waals surface area contributed by atoms with E-state index in [0.717, 1.165) is 22.4 Å². The molecule has 2 aromatic carbocycles. The van der Waals surface area contributed by atoms with Gasteiger partial charge in [0.1, 0.15) is 11.4 Å². The molecular weight excluding hydrogens is 318 g/mol. The zero-order valence-corrected chi connectivity index (χ0v) is 13.5. The van der Waals surface area contributed by atoms with E-state index in [2.05, 4.69) is 15.0 Å². The normalized spacial score (nSPS) is 11.1.